The molecule has 7 nitrogen and oxygen atoms in total. The summed E-state index contributed by atoms with van der Waals surface area (Å²) in [7, 11) is -7.49. The average Bonchev–Trinajstić information content (AvgIpc) is 3.02. The van der Waals surface area contributed by atoms with Crippen molar-refractivity contribution in [3.63, 3.8) is 0 Å². The normalized spacial score (nSPS) is 12.2. The summed E-state index contributed by atoms with van der Waals surface area (Å²) in [5.74, 6) is -1.91. The second kappa shape index (κ2) is 15.8. The van der Waals surface area contributed by atoms with Gasteiger partial charge in [-0.15, -0.1) is 0 Å². The highest BCUT2D eigenvalue weighted by Gasteiger charge is 2.19. The Kier molecular flexibility index (Phi) is 12.3. The highest BCUT2D eigenvalue weighted by atomic mass is 32.2. The Balaban J connectivity index is 0.000000363. The molecule has 0 aliphatic carbocycles. The molecule has 4 aromatic carbocycles. The minimum Gasteiger partial charge on any atom is -0.512 e. The van der Waals surface area contributed by atoms with E-state index in [4.69, 9.17) is 0 Å². The van der Waals surface area contributed by atoms with E-state index in [0.717, 1.165) is 0 Å². The van der Waals surface area contributed by atoms with Gasteiger partial charge in [0.2, 0.25) is 0 Å². The van der Waals surface area contributed by atoms with E-state index in [-0.39, 0.29) is 32.4 Å². The minimum absolute atomic E-state index is 0.0218. The number of benzene rings is 4. The van der Waals surface area contributed by atoms with Crippen LogP contribution in [0.4, 0.5) is 0 Å². The van der Waals surface area contributed by atoms with Gasteiger partial charge in [0.25, 0.3) is 0 Å². The molecule has 4 rings (SSSR count). The summed E-state index contributed by atoms with van der Waals surface area (Å²) < 4.78 is 49.4. The van der Waals surface area contributed by atoms with Crippen molar-refractivity contribution >= 4 is 25.5 Å². The first kappa shape index (κ1) is 34.0. The number of aliphatic hydroxyl groups is 2. The van der Waals surface area contributed by atoms with E-state index in [1.807, 2.05) is 12.1 Å². The number of sulfone groups is 2. The summed E-state index contributed by atoms with van der Waals surface area (Å²) in [6.45, 7) is 3.55. The summed E-state index contributed by atoms with van der Waals surface area (Å²) in [4.78, 5) is 12.7. The fourth-order valence-corrected chi connectivity index (χ4v) is 6.65. The van der Waals surface area contributed by atoms with E-state index in [1.165, 1.54) is 71.8 Å². The number of rotatable bonds is 11. The number of carbonyl (C=O) groups is 1. The van der Waals surface area contributed by atoms with Crippen LogP contribution in [0.1, 0.15) is 42.6 Å². The number of hydrogen-bond acceptors (Lipinski definition) is 7. The van der Waals surface area contributed by atoms with Crippen molar-refractivity contribution in [2.75, 3.05) is 11.5 Å². The van der Waals surface area contributed by atoms with Gasteiger partial charge in [-0.05, 0) is 84.7 Å². The van der Waals surface area contributed by atoms with Gasteiger partial charge in [-0.3, -0.25) is 4.79 Å². The van der Waals surface area contributed by atoms with Crippen LogP contribution >= 0.6 is 0 Å². The lowest BCUT2D eigenvalue weighted by atomic mass is 10.0. The van der Waals surface area contributed by atoms with E-state index >= 15 is 0 Å². The van der Waals surface area contributed by atoms with E-state index in [0.29, 0.717) is 12.8 Å². The van der Waals surface area contributed by atoms with Crippen molar-refractivity contribution in [3.8, 4) is 11.1 Å². The van der Waals surface area contributed by atoms with E-state index in [1.54, 1.807) is 13.8 Å². The molecule has 230 valence electrons. The zero-order valence-electron chi connectivity index (χ0n) is 24.6. The van der Waals surface area contributed by atoms with Crippen LogP contribution < -0.4 is 0 Å². The van der Waals surface area contributed by atoms with Gasteiger partial charge in [-0.25, -0.2) is 16.8 Å². The third kappa shape index (κ3) is 9.79. The van der Waals surface area contributed by atoms with Crippen LogP contribution in [0.5, 0.6) is 0 Å². The molecule has 0 saturated carbocycles. The van der Waals surface area contributed by atoms with Gasteiger partial charge in [0.15, 0.2) is 25.5 Å². The topological polar surface area (TPSA) is 126 Å². The van der Waals surface area contributed by atoms with E-state index in [9.17, 15) is 31.8 Å². The number of aliphatic hydroxyl groups excluding tert-OH is 2. The summed E-state index contributed by atoms with van der Waals surface area (Å²) in [6, 6.07) is 31.4. The summed E-state index contributed by atoms with van der Waals surface area (Å²) >= 11 is 0. The molecule has 0 aromatic heterocycles. The number of allylic oxidation sites excluding steroid dienone is 2. The Hall–Kier alpha value is -4.47. The molecule has 0 fully saturated rings. The van der Waals surface area contributed by atoms with Crippen molar-refractivity contribution in [1.82, 2.24) is 0 Å². The summed E-state index contributed by atoms with van der Waals surface area (Å²) in [5, 5.41) is 19.3. The number of ketones is 1. The van der Waals surface area contributed by atoms with Crippen LogP contribution in [0.15, 0.2) is 143 Å². The summed E-state index contributed by atoms with van der Waals surface area (Å²) in [6.07, 6.45) is 3.85. The third-order valence-corrected chi connectivity index (χ3v) is 9.72. The van der Waals surface area contributed by atoms with Gasteiger partial charge in [-0.1, -0.05) is 74.5 Å². The predicted octanol–water partition coefficient (Wildman–Crippen LogP) is 7.52. The molecular formula is C35H36O7S2. The van der Waals surface area contributed by atoms with Gasteiger partial charge < -0.3 is 10.2 Å². The second-order valence-corrected chi connectivity index (χ2v) is 13.8. The van der Waals surface area contributed by atoms with Crippen LogP contribution in [0.3, 0.4) is 0 Å². The smallest absolute Gasteiger partial charge is 0.193 e. The lowest BCUT2D eigenvalue weighted by Crippen LogP contribution is -2.10. The van der Waals surface area contributed by atoms with Crippen LogP contribution in [0, 0.1) is 0 Å². The highest BCUT2D eigenvalue weighted by Crippen LogP contribution is 2.20. The molecule has 2 N–H and O–H groups in total. The Bertz CT molecular complexity index is 1660. The van der Waals surface area contributed by atoms with E-state index < -0.39 is 37.0 Å². The Morgan fingerprint density at radius 2 is 0.864 bits per heavy atom. The monoisotopic (exact) mass is 632 g/mol. The first-order chi connectivity index (χ1) is 21.0. The molecule has 0 aliphatic heterocycles. The molecule has 0 amide bonds. The van der Waals surface area contributed by atoms with Crippen molar-refractivity contribution in [3.05, 3.63) is 144 Å². The Labute approximate surface area is 259 Å². The van der Waals surface area contributed by atoms with Crippen molar-refractivity contribution in [2.45, 2.75) is 36.5 Å². The molecule has 0 heterocycles. The molecule has 0 bridgehead atoms. The van der Waals surface area contributed by atoms with Gasteiger partial charge in [0, 0.05) is 11.1 Å². The molecule has 44 heavy (non-hydrogen) atoms. The number of carbonyl (C=O) groups excluding carboxylic acids is 1. The van der Waals surface area contributed by atoms with Crippen LogP contribution in [0.2, 0.25) is 0 Å². The largest absolute Gasteiger partial charge is 0.512 e. The molecular weight excluding hydrogens is 597 g/mol. The zero-order chi connectivity index (χ0) is 32.2. The molecule has 9 heteroatoms. The van der Waals surface area contributed by atoms with Gasteiger partial charge in [0.05, 0.1) is 9.79 Å². The van der Waals surface area contributed by atoms with Crippen molar-refractivity contribution in [1.29, 1.82) is 0 Å². The van der Waals surface area contributed by atoms with Crippen LogP contribution in [0.25, 0.3) is 11.1 Å². The lowest BCUT2D eigenvalue weighted by molar-refractivity contribution is 0.103. The van der Waals surface area contributed by atoms with Gasteiger partial charge in [0.1, 0.15) is 23.0 Å². The maximum Gasteiger partial charge on any atom is 0.193 e. The lowest BCUT2D eigenvalue weighted by Gasteiger charge is -2.07. The summed E-state index contributed by atoms with van der Waals surface area (Å²) in [5.41, 5.74) is 3.02. The minimum atomic E-state index is -3.75. The maximum absolute atomic E-state index is 12.7. The van der Waals surface area contributed by atoms with Crippen LogP contribution in [-0.2, 0) is 19.7 Å². The molecule has 4 aromatic rings. The SMILES string of the molecule is CCC=C(O)CS(=O)(=O)c1ccc(C(=O)c2ccc(S(=O)(=O)CC(O)=CCC)cc2)cc1.c1ccc(-c2ccccc2)cc1. The van der Waals surface area contributed by atoms with Crippen molar-refractivity contribution < 1.29 is 31.8 Å². The second-order valence-electron chi connectivity index (χ2n) is 9.84. The molecule has 0 aliphatic rings. The number of hydrogen-bond donors (Lipinski definition) is 2. The highest BCUT2D eigenvalue weighted by molar-refractivity contribution is 7.91. The zero-order valence-corrected chi connectivity index (χ0v) is 26.3. The molecule has 0 radical (unpaired) electrons. The van der Waals surface area contributed by atoms with Gasteiger partial charge >= 0.3 is 0 Å². The average molecular weight is 633 g/mol. The van der Waals surface area contributed by atoms with E-state index in [2.05, 4.69) is 48.5 Å². The third-order valence-electron chi connectivity index (χ3n) is 6.39. The quantitative estimate of drug-likeness (QED) is 0.129. The van der Waals surface area contributed by atoms with Crippen molar-refractivity contribution in [2.24, 2.45) is 0 Å². The van der Waals surface area contributed by atoms with Crippen LogP contribution in [-0.4, -0.2) is 44.3 Å². The molecule has 0 saturated heterocycles. The Morgan fingerprint density at radius 1 is 0.545 bits per heavy atom. The molecule has 0 unspecified atom stereocenters. The first-order valence-electron chi connectivity index (χ1n) is 14.0. The fourth-order valence-electron chi connectivity index (χ4n) is 4.20. The standard InChI is InChI=1S/C23H26O7S2.C12H10/c1-3-5-19(24)15-31(27,28)21-11-7-17(8-12-21)23(26)18-9-13-22(14-10-18)32(29,30)16-20(25)6-4-2;1-3-7-11(8-4-1)12-9-5-2-6-10-12/h5-14,24-25H,3-4,15-16H2,1-2H3;1-10H. The fraction of sp³-hybridized carbons (Fsp3) is 0.171. The Morgan fingerprint density at radius 3 is 1.16 bits per heavy atom. The predicted molar refractivity (Wildman–Crippen MR) is 174 cm³/mol. The maximum atomic E-state index is 12.7. The van der Waals surface area contributed by atoms with Gasteiger partial charge in [-0.2, -0.15) is 0 Å². The first-order valence-corrected chi connectivity index (χ1v) is 17.3. The molecule has 0 atom stereocenters. The molecule has 0 spiro atoms.